The van der Waals surface area contributed by atoms with Gasteiger partial charge in [0.2, 0.25) is 0 Å². The fraction of sp³-hybridized carbons (Fsp3) is 0.286. The van der Waals surface area contributed by atoms with Crippen LogP contribution < -0.4 is 0 Å². The Bertz CT molecular complexity index is 460. The Hall–Kier alpha value is -1.90. The molecule has 2 rings (SSSR count). The lowest BCUT2D eigenvalue weighted by Crippen LogP contribution is -2.11. The summed E-state index contributed by atoms with van der Waals surface area (Å²) in [5.41, 5.74) is 2.44. The minimum absolute atomic E-state index is 0.225. The van der Waals surface area contributed by atoms with Crippen LogP contribution in [0, 0.1) is 0 Å². The number of hydrogen-bond donors (Lipinski definition) is 0. The molecular weight excluding hydrogens is 214 g/mol. The van der Waals surface area contributed by atoms with Crippen molar-refractivity contribution in [3.63, 3.8) is 0 Å². The highest BCUT2D eigenvalue weighted by atomic mass is 16.5. The monoisotopic (exact) mass is 229 g/mol. The van der Waals surface area contributed by atoms with Crippen LogP contribution in [0.5, 0.6) is 0 Å². The van der Waals surface area contributed by atoms with E-state index in [4.69, 9.17) is 4.74 Å². The summed E-state index contributed by atoms with van der Waals surface area (Å²) in [5.74, 6) is -0.225. The molecule has 1 aliphatic rings. The van der Waals surface area contributed by atoms with Crippen LogP contribution in [0.15, 0.2) is 42.1 Å². The summed E-state index contributed by atoms with van der Waals surface area (Å²) in [6.45, 7) is 2.22. The number of rotatable bonds is 3. The third-order valence-corrected chi connectivity index (χ3v) is 2.63. The quantitative estimate of drug-likeness (QED) is 0.748. The van der Waals surface area contributed by atoms with Gasteiger partial charge in [0.05, 0.1) is 12.3 Å². The van der Waals surface area contributed by atoms with Crippen LogP contribution in [-0.2, 0) is 9.53 Å². The van der Waals surface area contributed by atoms with E-state index in [2.05, 4.69) is 11.1 Å². The van der Waals surface area contributed by atoms with Crippen molar-refractivity contribution in [1.82, 2.24) is 4.98 Å². The highest BCUT2D eigenvalue weighted by Crippen LogP contribution is 2.27. The lowest BCUT2D eigenvalue weighted by Gasteiger charge is -2.14. The summed E-state index contributed by atoms with van der Waals surface area (Å²) in [6, 6.07) is 5.69. The van der Waals surface area contributed by atoms with Gasteiger partial charge in [0.15, 0.2) is 0 Å². The number of nitrogens with zero attached hydrogens (tertiary/aromatic N) is 1. The second-order valence-corrected chi connectivity index (χ2v) is 3.77. The molecule has 0 N–H and O–H groups in total. The van der Waals surface area contributed by atoms with Crippen molar-refractivity contribution in [1.29, 1.82) is 0 Å². The van der Waals surface area contributed by atoms with Gasteiger partial charge in [-0.25, -0.2) is 4.79 Å². The molecule has 0 aliphatic heterocycles. The van der Waals surface area contributed by atoms with Crippen molar-refractivity contribution in [2.45, 2.75) is 19.8 Å². The lowest BCUT2D eigenvalue weighted by atomic mass is 9.95. The van der Waals surface area contributed by atoms with Gasteiger partial charge in [-0.15, -0.1) is 0 Å². The van der Waals surface area contributed by atoms with Gasteiger partial charge in [0.25, 0.3) is 0 Å². The second kappa shape index (κ2) is 5.43. The van der Waals surface area contributed by atoms with Crippen LogP contribution in [0.25, 0.3) is 5.57 Å². The fourth-order valence-corrected chi connectivity index (χ4v) is 1.86. The molecule has 0 unspecified atom stereocenters. The number of ether oxygens (including phenoxy) is 1. The number of pyridine rings is 1. The van der Waals surface area contributed by atoms with E-state index in [1.165, 1.54) is 0 Å². The lowest BCUT2D eigenvalue weighted by molar-refractivity contribution is -0.138. The Morgan fingerprint density at radius 1 is 1.47 bits per heavy atom. The molecule has 0 fully saturated rings. The average molecular weight is 229 g/mol. The molecule has 3 nitrogen and oxygen atoms in total. The first-order chi connectivity index (χ1) is 8.33. The van der Waals surface area contributed by atoms with E-state index in [1.54, 1.807) is 6.20 Å². The zero-order chi connectivity index (χ0) is 12.1. The molecule has 0 atom stereocenters. The maximum atomic E-state index is 11.8. The maximum absolute atomic E-state index is 11.8. The highest BCUT2D eigenvalue weighted by molar-refractivity contribution is 6.00. The van der Waals surface area contributed by atoms with Crippen molar-refractivity contribution in [2.75, 3.05) is 6.61 Å². The van der Waals surface area contributed by atoms with E-state index in [1.807, 2.05) is 31.2 Å². The summed E-state index contributed by atoms with van der Waals surface area (Å²) in [4.78, 5) is 16.1. The van der Waals surface area contributed by atoms with Crippen molar-refractivity contribution >= 4 is 11.5 Å². The average Bonchev–Trinajstić information content (AvgIpc) is 2.40. The Balaban J connectivity index is 2.39. The Labute approximate surface area is 101 Å². The fourth-order valence-electron chi connectivity index (χ4n) is 1.86. The van der Waals surface area contributed by atoms with E-state index in [0.29, 0.717) is 6.61 Å². The summed E-state index contributed by atoms with van der Waals surface area (Å²) in [7, 11) is 0. The predicted octanol–water partition coefficient (Wildman–Crippen LogP) is 2.75. The molecular formula is C14H15NO2. The third kappa shape index (κ3) is 2.61. The van der Waals surface area contributed by atoms with Gasteiger partial charge in [-0.2, -0.15) is 0 Å². The van der Waals surface area contributed by atoms with E-state index >= 15 is 0 Å². The van der Waals surface area contributed by atoms with Crippen molar-refractivity contribution < 1.29 is 9.53 Å². The molecule has 88 valence electrons. The Morgan fingerprint density at radius 2 is 2.35 bits per heavy atom. The molecule has 0 spiro atoms. The van der Waals surface area contributed by atoms with Gasteiger partial charge in [-0.3, -0.25) is 4.98 Å². The van der Waals surface area contributed by atoms with E-state index in [-0.39, 0.29) is 5.97 Å². The SMILES string of the molecule is CCOC(=O)C1=C(c2ccccn2)C=CCC1. The topological polar surface area (TPSA) is 39.2 Å². The molecule has 1 heterocycles. The highest BCUT2D eigenvalue weighted by Gasteiger charge is 2.18. The zero-order valence-corrected chi connectivity index (χ0v) is 9.85. The number of aromatic nitrogens is 1. The Morgan fingerprint density at radius 3 is 3.06 bits per heavy atom. The summed E-state index contributed by atoms with van der Waals surface area (Å²) >= 11 is 0. The second-order valence-electron chi connectivity index (χ2n) is 3.77. The van der Waals surface area contributed by atoms with Crippen LogP contribution in [0.1, 0.15) is 25.5 Å². The number of allylic oxidation sites excluding steroid dienone is 3. The van der Waals surface area contributed by atoms with Crippen molar-refractivity contribution in [2.24, 2.45) is 0 Å². The molecule has 17 heavy (non-hydrogen) atoms. The molecule has 0 radical (unpaired) electrons. The van der Waals surface area contributed by atoms with E-state index < -0.39 is 0 Å². The number of hydrogen-bond acceptors (Lipinski definition) is 3. The first-order valence-corrected chi connectivity index (χ1v) is 5.81. The van der Waals surface area contributed by atoms with Crippen LogP contribution in [0.4, 0.5) is 0 Å². The number of carbonyl (C=O) groups excluding carboxylic acids is 1. The summed E-state index contributed by atoms with van der Waals surface area (Å²) in [5, 5.41) is 0. The van der Waals surface area contributed by atoms with E-state index in [0.717, 1.165) is 29.7 Å². The van der Waals surface area contributed by atoms with Gasteiger partial charge in [-0.1, -0.05) is 18.2 Å². The summed E-state index contributed by atoms with van der Waals surface area (Å²) in [6.07, 6.45) is 7.35. The predicted molar refractivity (Wildman–Crippen MR) is 66.2 cm³/mol. The zero-order valence-electron chi connectivity index (χ0n) is 9.85. The van der Waals surface area contributed by atoms with Crippen LogP contribution in [0.3, 0.4) is 0 Å². The molecule has 1 aromatic heterocycles. The molecule has 1 aliphatic carbocycles. The van der Waals surface area contributed by atoms with Gasteiger partial charge >= 0.3 is 5.97 Å². The molecule has 0 bridgehead atoms. The largest absolute Gasteiger partial charge is 0.463 e. The van der Waals surface area contributed by atoms with Crippen LogP contribution in [-0.4, -0.2) is 17.6 Å². The smallest absolute Gasteiger partial charge is 0.334 e. The standard InChI is InChI=1S/C14H15NO2/c1-2-17-14(16)12-8-4-3-7-11(12)13-9-5-6-10-15-13/h3,5-7,9-10H,2,4,8H2,1H3. The van der Waals surface area contributed by atoms with Gasteiger partial charge in [-0.05, 0) is 31.9 Å². The van der Waals surface area contributed by atoms with E-state index in [9.17, 15) is 4.79 Å². The molecule has 3 heteroatoms. The molecule has 0 amide bonds. The first kappa shape index (κ1) is 11.6. The van der Waals surface area contributed by atoms with Crippen molar-refractivity contribution in [3.8, 4) is 0 Å². The van der Waals surface area contributed by atoms with Gasteiger partial charge in [0.1, 0.15) is 0 Å². The molecule has 0 saturated heterocycles. The maximum Gasteiger partial charge on any atom is 0.334 e. The summed E-state index contributed by atoms with van der Waals surface area (Å²) < 4.78 is 5.07. The van der Waals surface area contributed by atoms with Crippen LogP contribution in [0.2, 0.25) is 0 Å². The number of carbonyl (C=O) groups is 1. The Kier molecular flexibility index (Phi) is 3.70. The number of esters is 1. The molecule has 0 aromatic carbocycles. The normalized spacial score (nSPS) is 14.9. The van der Waals surface area contributed by atoms with Gasteiger partial charge < -0.3 is 4.74 Å². The van der Waals surface area contributed by atoms with Gasteiger partial charge in [0, 0.05) is 17.3 Å². The van der Waals surface area contributed by atoms with Crippen molar-refractivity contribution in [3.05, 3.63) is 47.8 Å². The first-order valence-electron chi connectivity index (χ1n) is 5.81. The van der Waals surface area contributed by atoms with Crippen LogP contribution >= 0.6 is 0 Å². The molecule has 0 saturated carbocycles. The minimum atomic E-state index is -0.225. The molecule has 1 aromatic rings. The third-order valence-electron chi connectivity index (χ3n) is 2.63. The minimum Gasteiger partial charge on any atom is -0.463 e.